The first-order chi connectivity index (χ1) is 8.24. The van der Waals surface area contributed by atoms with Gasteiger partial charge in [-0.15, -0.1) is 0 Å². The molecule has 94 valence electrons. The van der Waals surface area contributed by atoms with Crippen molar-refractivity contribution in [1.82, 2.24) is 10.6 Å². The summed E-state index contributed by atoms with van der Waals surface area (Å²) in [7, 11) is 3.68. The van der Waals surface area contributed by atoms with Crippen molar-refractivity contribution < 1.29 is 4.74 Å². The quantitative estimate of drug-likeness (QED) is 0.846. The summed E-state index contributed by atoms with van der Waals surface area (Å²) in [6.07, 6.45) is 2.64. The number of hydrogen-bond acceptors (Lipinski definition) is 3. The third-order valence-electron chi connectivity index (χ3n) is 3.11. The third-order valence-corrected chi connectivity index (χ3v) is 3.73. The van der Waals surface area contributed by atoms with Crippen LogP contribution >= 0.6 is 15.9 Å². The summed E-state index contributed by atoms with van der Waals surface area (Å²) in [5.41, 5.74) is 1.27. The van der Waals surface area contributed by atoms with Gasteiger partial charge in [0.1, 0.15) is 5.75 Å². The van der Waals surface area contributed by atoms with E-state index in [1.807, 2.05) is 13.1 Å². The van der Waals surface area contributed by atoms with Gasteiger partial charge in [-0.2, -0.15) is 0 Å². The van der Waals surface area contributed by atoms with Gasteiger partial charge >= 0.3 is 0 Å². The Morgan fingerprint density at radius 1 is 1.47 bits per heavy atom. The average Bonchev–Trinajstić information content (AvgIpc) is 3.14. The lowest BCUT2D eigenvalue weighted by Crippen LogP contribution is -2.30. The van der Waals surface area contributed by atoms with E-state index in [0.29, 0.717) is 6.04 Å². The van der Waals surface area contributed by atoms with E-state index in [1.165, 1.54) is 18.4 Å². The minimum Gasteiger partial charge on any atom is -0.496 e. The molecular formula is C13H19BrN2O. The molecule has 0 heterocycles. The lowest BCUT2D eigenvalue weighted by atomic mass is 10.1. The smallest absolute Gasteiger partial charge is 0.133 e. The molecule has 0 amide bonds. The van der Waals surface area contributed by atoms with E-state index < -0.39 is 0 Å². The van der Waals surface area contributed by atoms with Crippen molar-refractivity contribution >= 4 is 15.9 Å². The summed E-state index contributed by atoms with van der Waals surface area (Å²) in [5.74, 6) is 0.874. The van der Waals surface area contributed by atoms with Gasteiger partial charge in [0.15, 0.2) is 0 Å². The molecule has 1 saturated carbocycles. The molecule has 1 unspecified atom stereocenters. The van der Waals surface area contributed by atoms with Gasteiger partial charge in [0.25, 0.3) is 0 Å². The molecule has 1 aliphatic rings. The van der Waals surface area contributed by atoms with E-state index in [4.69, 9.17) is 4.74 Å². The van der Waals surface area contributed by atoms with E-state index in [2.05, 4.69) is 38.7 Å². The maximum Gasteiger partial charge on any atom is 0.133 e. The topological polar surface area (TPSA) is 33.3 Å². The van der Waals surface area contributed by atoms with Crippen LogP contribution in [0.2, 0.25) is 0 Å². The number of methoxy groups -OCH3 is 1. The van der Waals surface area contributed by atoms with E-state index in [0.717, 1.165) is 22.8 Å². The van der Waals surface area contributed by atoms with Crippen LogP contribution in [-0.4, -0.2) is 26.7 Å². The van der Waals surface area contributed by atoms with Crippen LogP contribution in [0.15, 0.2) is 22.7 Å². The Balaban J connectivity index is 2.03. The molecule has 2 N–H and O–H groups in total. The Morgan fingerprint density at radius 2 is 2.24 bits per heavy atom. The summed E-state index contributed by atoms with van der Waals surface area (Å²) in [5, 5.41) is 6.89. The second-order valence-electron chi connectivity index (χ2n) is 4.42. The predicted molar refractivity (Wildman–Crippen MR) is 73.5 cm³/mol. The molecule has 1 aliphatic carbocycles. The normalized spacial score (nSPS) is 16.9. The first-order valence-corrected chi connectivity index (χ1v) is 6.78. The Morgan fingerprint density at radius 3 is 2.76 bits per heavy atom. The van der Waals surface area contributed by atoms with Crippen LogP contribution in [0.5, 0.6) is 5.75 Å². The van der Waals surface area contributed by atoms with Crippen molar-refractivity contribution in [2.45, 2.75) is 24.9 Å². The van der Waals surface area contributed by atoms with Crippen LogP contribution in [-0.2, 0) is 0 Å². The molecule has 4 heteroatoms. The molecule has 1 atom stereocenters. The number of ether oxygens (including phenoxy) is 1. The van der Waals surface area contributed by atoms with Crippen molar-refractivity contribution in [3.05, 3.63) is 28.2 Å². The largest absolute Gasteiger partial charge is 0.496 e. The van der Waals surface area contributed by atoms with Crippen molar-refractivity contribution in [2.24, 2.45) is 0 Å². The maximum absolute atomic E-state index is 5.24. The highest BCUT2D eigenvalue weighted by Crippen LogP contribution is 2.28. The van der Waals surface area contributed by atoms with Crippen LogP contribution in [0, 0.1) is 0 Å². The van der Waals surface area contributed by atoms with Crippen LogP contribution in [0.25, 0.3) is 0 Å². The van der Waals surface area contributed by atoms with Gasteiger partial charge in [-0.3, -0.25) is 0 Å². The molecule has 0 aromatic heterocycles. The second-order valence-corrected chi connectivity index (χ2v) is 5.27. The first-order valence-electron chi connectivity index (χ1n) is 5.98. The molecule has 1 aromatic rings. The fraction of sp³-hybridized carbons (Fsp3) is 0.538. The zero-order chi connectivity index (χ0) is 12.3. The molecule has 0 aliphatic heterocycles. The Kier molecular flexibility index (Phi) is 4.42. The van der Waals surface area contributed by atoms with Crippen LogP contribution in [0.1, 0.15) is 24.4 Å². The molecular weight excluding hydrogens is 280 g/mol. The SMILES string of the molecule is CNC(CNC1CC1)c1ccc(OC)c(Br)c1. The van der Waals surface area contributed by atoms with Crippen LogP contribution in [0.4, 0.5) is 0 Å². The molecule has 0 bridgehead atoms. The minimum atomic E-state index is 0.345. The standard InChI is InChI=1S/C13H19BrN2O/c1-15-12(8-16-10-4-5-10)9-3-6-13(17-2)11(14)7-9/h3,6-7,10,12,15-16H,4-5,8H2,1-2H3. The highest BCUT2D eigenvalue weighted by Gasteiger charge is 2.22. The number of halogens is 1. The Bertz CT molecular complexity index is 380. The average molecular weight is 299 g/mol. The summed E-state index contributed by atoms with van der Waals surface area (Å²) in [6.45, 7) is 0.972. The fourth-order valence-corrected chi connectivity index (χ4v) is 2.42. The van der Waals surface area contributed by atoms with Crippen molar-refractivity contribution in [2.75, 3.05) is 20.7 Å². The molecule has 0 spiro atoms. The van der Waals surface area contributed by atoms with Crippen molar-refractivity contribution in [3.8, 4) is 5.75 Å². The van der Waals surface area contributed by atoms with Crippen molar-refractivity contribution in [3.63, 3.8) is 0 Å². The maximum atomic E-state index is 5.24. The molecule has 3 nitrogen and oxygen atoms in total. The zero-order valence-corrected chi connectivity index (χ0v) is 11.9. The Hall–Kier alpha value is -0.580. The molecule has 17 heavy (non-hydrogen) atoms. The summed E-state index contributed by atoms with van der Waals surface area (Å²) >= 11 is 3.52. The summed E-state index contributed by atoms with van der Waals surface area (Å²) in [4.78, 5) is 0. The van der Waals surface area contributed by atoms with Gasteiger partial charge < -0.3 is 15.4 Å². The molecule has 0 saturated heterocycles. The predicted octanol–water partition coefficient (Wildman–Crippen LogP) is 2.47. The van der Waals surface area contributed by atoms with Gasteiger partial charge in [-0.25, -0.2) is 0 Å². The number of likely N-dealkylation sites (N-methyl/N-ethyl adjacent to an activating group) is 1. The molecule has 1 fully saturated rings. The van der Waals surface area contributed by atoms with E-state index in [-0.39, 0.29) is 0 Å². The van der Waals surface area contributed by atoms with E-state index >= 15 is 0 Å². The van der Waals surface area contributed by atoms with Crippen LogP contribution < -0.4 is 15.4 Å². The van der Waals surface area contributed by atoms with Gasteiger partial charge in [0, 0.05) is 18.6 Å². The van der Waals surface area contributed by atoms with Crippen molar-refractivity contribution in [1.29, 1.82) is 0 Å². The number of rotatable bonds is 6. The monoisotopic (exact) mass is 298 g/mol. The third kappa shape index (κ3) is 3.44. The summed E-state index contributed by atoms with van der Waals surface area (Å²) in [6, 6.07) is 7.32. The number of hydrogen-bond donors (Lipinski definition) is 2. The van der Waals surface area contributed by atoms with Gasteiger partial charge in [-0.1, -0.05) is 6.07 Å². The molecule has 0 radical (unpaired) electrons. The van der Waals surface area contributed by atoms with E-state index in [1.54, 1.807) is 7.11 Å². The van der Waals surface area contributed by atoms with Gasteiger partial charge in [-0.05, 0) is 53.5 Å². The number of nitrogens with one attached hydrogen (secondary N) is 2. The summed E-state index contributed by atoms with van der Waals surface area (Å²) < 4.78 is 6.24. The fourth-order valence-electron chi connectivity index (χ4n) is 1.86. The zero-order valence-electron chi connectivity index (χ0n) is 10.3. The molecule has 2 rings (SSSR count). The van der Waals surface area contributed by atoms with Gasteiger partial charge in [0.05, 0.1) is 11.6 Å². The number of benzene rings is 1. The van der Waals surface area contributed by atoms with Gasteiger partial charge in [0.2, 0.25) is 0 Å². The minimum absolute atomic E-state index is 0.345. The molecule has 1 aromatic carbocycles. The highest BCUT2D eigenvalue weighted by atomic mass is 79.9. The highest BCUT2D eigenvalue weighted by molar-refractivity contribution is 9.10. The Labute approximate surface area is 111 Å². The lowest BCUT2D eigenvalue weighted by Gasteiger charge is -2.18. The van der Waals surface area contributed by atoms with Crippen LogP contribution in [0.3, 0.4) is 0 Å². The second kappa shape index (κ2) is 5.85. The lowest BCUT2D eigenvalue weighted by molar-refractivity contribution is 0.411. The van der Waals surface area contributed by atoms with E-state index in [9.17, 15) is 0 Å². The first kappa shape index (κ1) is 12.9.